The normalized spacial score (nSPS) is 11.9. The van der Waals surface area contributed by atoms with E-state index in [4.69, 9.17) is 4.74 Å². The molecule has 1 atom stereocenters. The predicted molar refractivity (Wildman–Crippen MR) is 95.9 cm³/mol. The van der Waals surface area contributed by atoms with Crippen LogP contribution in [0.5, 0.6) is 11.5 Å². The molecule has 0 spiro atoms. The van der Waals surface area contributed by atoms with Crippen molar-refractivity contribution in [3.8, 4) is 11.5 Å². The second kappa shape index (κ2) is 7.26. The molecule has 0 fully saturated rings. The van der Waals surface area contributed by atoms with Crippen LogP contribution in [-0.4, -0.2) is 25.8 Å². The number of H-pyrrole nitrogens is 1. The zero-order valence-electron chi connectivity index (χ0n) is 14.5. The molecule has 2 heterocycles. The number of carboxylic acid groups (broad SMARTS) is 1. The Morgan fingerprint density at radius 2 is 2.04 bits per heavy atom. The van der Waals surface area contributed by atoms with E-state index in [1.807, 2.05) is 26.0 Å². The van der Waals surface area contributed by atoms with E-state index in [2.05, 4.69) is 10.2 Å². The summed E-state index contributed by atoms with van der Waals surface area (Å²) in [4.78, 5) is 23.9. The standard InChI is InChI=1S/C19H19N3O4/c1-12-8-14(21-20-12)9-13(2)22-10-16(19(24)25)18(23)17(11-22)26-15-6-4-3-5-7-15/h3-8,10-11,13H,9H2,1-2H3,(H,20,21)(H,24,25). The number of nitrogens with one attached hydrogen (secondary N) is 1. The third-order valence-electron chi connectivity index (χ3n) is 3.99. The molecule has 26 heavy (non-hydrogen) atoms. The summed E-state index contributed by atoms with van der Waals surface area (Å²) in [5.41, 5.74) is 0.825. The number of ether oxygens (including phenoxy) is 1. The van der Waals surface area contributed by atoms with Gasteiger partial charge in [0.25, 0.3) is 0 Å². The highest BCUT2D eigenvalue weighted by atomic mass is 16.5. The Hall–Kier alpha value is -3.35. The molecule has 0 radical (unpaired) electrons. The van der Waals surface area contributed by atoms with Gasteiger partial charge in [0.1, 0.15) is 11.3 Å². The van der Waals surface area contributed by atoms with Gasteiger partial charge < -0.3 is 14.4 Å². The number of aromatic carboxylic acids is 1. The number of hydrogen-bond acceptors (Lipinski definition) is 4. The fourth-order valence-electron chi connectivity index (χ4n) is 2.65. The number of aryl methyl sites for hydroxylation is 1. The monoisotopic (exact) mass is 353 g/mol. The minimum atomic E-state index is -1.29. The maximum Gasteiger partial charge on any atom is 0.341 e. The fraction of sp³-hybridized carbons (Fsp3) is 0.211. The van der Waals surface area contributed by atoms with E-state index in [-0.39, 0.29) is 17.4 Å². The van der Waals surface area contributed by atoms with Gasteiger partial charge in [0.2, 0.25) is 5.43 Å². The number of hydrogen-bond donors (Lipinski definition) is 2. The number of aromatic nitrogens is 3. The average Bonchev–Trinajstić information content (AvgIpc) is 3.02. The summed E-state index contributed by atoms with van der Waals surface area (Å²) >= 11 is 0. The van der Waals surface area contributed by atoms with Gasteiger partial charge >= 0.3 is 5.97 Å². The third kappa shape index (κ3) is 3.83. The van der Waals surface area contributed by atoms with Crippen LogP contribution in [0.2, 0.25) is 0 Å². The molecule has 0 bridgehead atoms. The Morgan fingerprint density at radius 1 is 1.31 bits per heavy atom. The van der Waals surface area contributed by atoms with Crippen LogP contribution < -0.4 is 10.2 Å². The second-order valence-corrected chi connectivity index (χ2v) is 6.13. The van der Waals surface area contributed by atoms with Gasteiger partial charge in [-0.05, 0) is 32.0 Å². The molecule has 1 aromatic carbocycles. The summed E-state index contributed by atoms with van der Waals surface area (Å²) in [7, 11) is 0. The lowest BCUT2D eigenvalue weighted by Gasteiger charge is -2.17. The number of para-hydroxylation sites is 1. The maximum absolute atomic E-state index is 12.4. The Kier molecular flexibility index (Phi) is 4.88. The van der Waals surface area contributed by atoms with Crippen LogP contribution in [0.1, 0.15) is 34.7 Å². The first kappa shape index (κ1) is 17.5. The molecule has 2 aromatic heterocycles. The van der Waals surface area contributed by atoms with Crippen LogP contribution in [-0.2, 0) is 6.42 Å². The lowest BCUT2D eigenvalue weighted by atomic mass is 10.1. The topological polar surface area (TPSA) is 97.2 Å². The second-order valence-electron chi connectivity index (χ2n) is 6.13. The van der Waals surface area contributed by atoms with Crippen molar-refractivity contribution >= 4 is 5.97 Å². The molecular formula is C19H19N3O4. The van der Waals surface area contributed by atoms with Crippen molar-refractivity contribution in [1.82, 2.24) is 14.8 Å². The molecule has 0 aliphatic carbocycles. The van der Waals surface area contributed by atoms with Crippen molar-refractivity contribution in [3.63, 3.8) is 0 Å². The van der Waals surface area contributed by atoms with Gasteiger partial charge in [-0.2, -0.15) is 5.10 Å². The van der Waals surface area contributed by atoms with Gasteiger partial charge in [0, 0.05) is 24.4 Å². The van der Waals surface area contributed by atoms with Gasteiger partial charge in [-0.3, -0.25) is 9.89 Å². The number of aromatic amines is 1. The number of nitrogens with zero attached hydrogens (tertiary/aromatic N) is 2. The fourth-order valence-corrected chi connectivity index (χ4v) is 2.65. The summed E-state index contributed by atoms with van der Waals surface area (Å²) < 4.78 is 7.30. The summed E-state index contributed by atoms with van der Waals surface area (Å²) in [6.07, 6.45) is 3.45. The molecule has 2 N–H and O–H groups in total. The van der Waals surface area contributed by atoms with Crippen molar-refractivity contribution < 1.29 is 14.6 Å². The Morgan fingerprint density at radius 3 is 2.65 bits per heavy atom. The van der Waals surface area contributed by atoms with E-state index >= 15 is 0 Å². The molecule has 0 aliphatic rings. The highest BCUT2D eigenvalue weighted by Crippen LogP contribution is 2.21. The van der Waals surface area contributed by atoms with Crippen molar-refractivity contribution in [2.24, 2.45) is 0 Å². The molecule has 0 saturated carbocycles. The van der Waals surface area contributed by atoms with Gasteiger partial charge in [-0.25, -0.2) is 4.79 Å². The van der Waals surface area contributed by atoms with Crippen molar-refractivity contribution in [1.29, 1.82) is 0 Å². The van der Waals surface area contributed by atoms with Crippen molar-refractivity contribution in [2.75, 3.05) is 0 Å². The van der Waals surface area contributed by atoms with Gasteiger partial charge in [-0.15, -0.1) is 0 Å². The third-order valence-corrected chi connectivity index (χ3v) is 3.99. The van der Waals surface area contributed by atoms with Crippen LogP contribution >= 0.6 is 0 Å². The van der Waals surface area contributed by atoms with E-state index in [0.717, 1.165) is 11.4 Å². The van der Waals surface area contributed by atoms with Gasteiger partial charge in [0.15, 0.2) is 5.75 Å². The zero-order chi connectivity index (χ0) is 18.7. The first-order chi connectivity index (χ1) is 12.4. The highest BCUT2D eigenvalue weighted by Gasteiger charge is 2.18. The Balaban J connectivity index is 1.96. The first-order valence-corrected chi connectivity index (χ1v) is 8.17. The molecule has 7 heteroatoms. The largest absolute Gasteiger partial charge is 0.477 e. The van der Waals surface area contributed by atoms with Crippen LogP contribution in [0, 0.1) is 6.92 Å². The number of pyridine rings is 1. The maximum atomic E-state index is 12.4. The SMILES string of the molecule is Cc1cc(CC(C)n2cc(Oc3ccccc3)c(=O)c(C(=O)O)c2)n[nH]1. The van der Waals surface area contributed by atoms with Crippen LogP contribution in [0.25, 0.3) is 0 Å². The van der Waals surface area contributed by atoms with E-state index in [9.17, 15) is 14.7 Å². The summed E-state index contributed by atoms with van der Waals surface area (Å²) in [6, 6.07) is 10.6. The molecule has 1 unspecified atom stereocenters. The van der Waals surface area contributed by atoms with E-state index in [1.165, 1.54) is 12.4 Å². The summed E-state index contributed by atoms with van der Waals surface area (Å²) in [6.45, 7) is 3.83. The van der Waals surface area contributed by atoms with E-state index in [1.54, 1.807) is 28.8 Å². The Bertz CT molecular complexity index is 976. The number of carboxylic acids is 1. The zero-order valence-corrected chi connectivity index (χ0v) is 14.5. The molecule has 0 saturated heterocycles. The lowest BCUT2D eigenvalue weighted by molar-refractivity contribution is 0.0694. The number of rotatable bonds is 6. The van der Waals surface area contributed by atoms with Gasteiger partial charge in [-0.1, -0.05) is 18.2 Å². The number of benzene rings is 1. The highest BCUT2D eigenvalue weighted by molar-refractivity contribution is 5.87. The molecule has 7 nitrogen and oxygen atoms in total. The molecule has 3 rings (SSSR count). The van der Waals surface area contributed by atoms with Crippen LogP contribution in [0.3, 0.4) is 0 Å². The van der Waals surface area contributed by atoms with E-state index < -0.39 is 11.4 Å². The molecule has 3 aromatic rings. The lowest BCUT2D eigenvalue weighted by Crippen LogP contribution is -2.21. The van der Waals surface area contributed by atoms with Crippen molar-refractivity contribution in [3.05, 3.63) is 76.0 Å². The average molecular weight is 353 g/mol. The molecule has 134 valence electrons. The molecule has 0 aliphatic heterocycles. The Labute approximate surface area is 149 Å². The van der Waals surface area contributed by atoms with E-state index in [0.29, 0.717) is 12.2 Å². The van der Waals surface area contributed by atoms with Crippen LogP contribution in [0.4, 0.5) is 0 Å². The number of carbonyl (C=O) groups is 1. The predicted octanol–water partition coefficient (Wildman–Crippen LogP) is 3.17. The summed E-state index contributed by atoms with van der Waals surface area (Å²) in [5, 5.41) is 16.4. The molecular weight excluding hydrogens is 334 g/mol. The molecule has 0 amide bonds. The summed E-state index contributed by atoms with van der Waals surface area (Å²) in [5.74, 6) is -0.847. The first-order valence-electron chi connectivity index (χ1n) is 8.17. The van der Waals surface area contributed by atoms with Crippen molar-refractivity contribution in [2.45, 2.75) is 26.3 Å². The smallest absolute Gasteiger partial charge is 0.341 e. The minimum absolute atomic E-state index is 0.0267. The minimum Gasteiger partial charge on any atom is -0.477 e. The van der Waals surface area contributed by atoms with Gasteiger partial charge in [0.05, 0.1) is 11.9 Å². The van der Waals surface area contributed by atoms with Crippen LogP contribution in [0.15, 0.2) is 53.6 Å². The quantitative estimate of drug-likeness (QED) is 0.709.